The molecule has 1 rings (SSSR count). The highest BCUT2D eigenvalue weighted by Gasteiger charge is 2.05. The van der Waals surface area contributed by atoms with Gasteiger partial charge in [0.05, 0.1) is 10.7 Å². The number of nitrogens with one attached hydrogen (secondary N) is 1. The molecular weight excluding hydrogens is 234 g/mol. The largest absolute Gasteiger partial charge is 0.321 e. The molecule has 0 spiro atoms. The number of anilines is 1. The van der Waals surface area contributed by atoms with Crippen LogP contribution in [0.3, 0.4) is 0 Å². The first-order valence-electron chi connectivity index (χ1n) is 5.87. The van der Waals surface area contributed by atoms with E-state index in [1.54, 1.807) is 12.1 Å². The van der Waals surface area contributed by atoms with Gasteiger partial charge in [-0.3, -0.25) is 4.79 Å². The fourth-order valence-electron chi connectivity index (χ4n) is 1.47. The average molecular weight is 252 g/mol. The maximum atomic E-state index is 11.6. The topological polar surface area (TPSA) is 29.1 Å². The summed E-state index contributed by atoms with van der Waals surface area (Å²) in [6.45, 7) is 4.04. The number of hydrogen-bond acceptors (Lipinski definition) is 1. The number of rotatable bonds is 5. The number of carbonyl (C=O) groups excluding carboxylic acids is 1. The van der Waals surface area contributed by atoms with Gasteiger partial charge in [0.15, 0.2) is 0 Å². The van der Waals surface area contributed by atoms with Crippen LogP contribution in [0.15, 0.2) is 30.4 Å². The monoisotopic (exact) mass is 251 g/mol. The van der Waals surface area contributed by atoms with E-state index in [1.807, 2.05) is 25.1 Å². The van der Waals surface area contributed by atoms with Gasteiger partial charge in [0.2, 0.25) is 5.91 Å². The number of amides is 1. The summed E-state index contributed by atoms with van der Waals surface area (Å²) < 4.78 is 0. The summed E-state index contributed by atoms with van der Waals surface area (Å²) in [4.78, 5) is 11.6. The van der Waals surface area contributed by atoms with Crippen molar-refractivity contribution in [3.8, 4) is 0 Å². The predicted octanol–water partition coefficient (Wildman–Crippen LogP) is 4.33. The minimum absolute atomic E-state index is 0.127. The van der Waals surface area contributed by atoms with Crippen LogP contribution in [0, 0.1) is 6.92 Å². The number of hydrogen-bond donors (Lipinski definition) is 1. The Kier molecular flexibility index (Phi) is 5.78. The van der Waals surface area contributed by atoms with Crippen molar-refractivity contribution in [2.45, 2.75) is 33.1 Å². The van der Waals surface area contributed by atoms with Crippen LogP contribution in [0.25, 0.3) is 0 Å². The highest BCUT2D eigenvalue weighted by molar-refractivity contribution is 6.34. The number of benzene rings is 1. The number of unbranched alkanes of at least 4 members (excludes halogenated alkanes) is 2. The predicted molar refractivity (Wildman–Crippen MR) is 73.5 cm³/mol. The van der Waals surface area contributed by atoms with E-state index in [2.05, 4.69) is 12.2 Å². The summed E-state index contributed by atoms with van der Waals surface area (Å²) in [6, 6.07) is 5.55. The standard InChI is InChI=1S/C14H18ClNO/c1-3-4-5-6-10-13(17)16-14-11(2)8-7-9-12(14)15/h6-10H,3-5H2,1-2H3,(H,16,17). The molecule has 0 heterocycles. The van der Waals surface area contributed by atoms with Crippen LogP contribution in [0.5, 0.6) is 0 Å². The third-order valence-electron chi connectivity index (χ3n) is 2.46. The van der Waals surface area contributed by atoms with Crippen molar-refractivity contribution >= 4 is 23.2 Å². The van der Waals surface area contributed by atoms with Gasteiger partial charge in [-0.25, -0.2) is 0 Å². The number of halogens is 1. The second-order valence-corrected chi connectivity index (χ2v) is 4.37. The summed E-state index contributed by atoms with van der Waals surface area (Å²) in [7, 11) is 0. The molecule has 0 radical (unpaired) electrons. The van der Waals surface area contributed by atoms with Crippen molar-refractivity contribution in [3.05, 3.63) is 40.9 Å². The fourth-order valence-corrected chi connectivity index (χ4v) is 1.74. The average Bonchev–Trinajstić information content (AvgIpc) is 2.30. The van der Waals surface area contributed by atoms with Crippen molar-refractivity contribution < 1.29 is 4.79 Å². The molecule has 0 aliphatic heterocycles. The first-order chi connectivity index (χ1) is 8.15. The normalized spacial score (nSPS) is 10.8. The lowest BCUT2D eigenvalue weighted by Gasteiger charge is -2.08. The number of allylic oxidation sites excluding steroid dienone is 1. The minimum atomic E-state index is -0.127. The van der Waals surface area contributed by atoms with Gasteiger partial charge >= 0.3 is 0 Å². The molecular formula is C14H18ClNO. The highest BCUT2D eigenvalue weighted by atomic mass is 35.5. The van der Waals surface area contributed by atoms with Crippen LogP contribution in [-0.2, 0) is 4.79 Å². The van der Waals surface area contributed by atoms with Crippen LogP contribution >= 0.6 is 11.6 Å². The third-order valence-corrected chi connectivity index (χ3v) is 2.78. The Hall–Kier alpha value is -1.28. The molecule has 0 saturated carbocycles. The molecule has 2 nitrogen and oxygen atoms in total. The lowest BCUT2D eigenvalue weighted by molar-refractivity contribution is -0.111. The number of aryl methyl sites for hydroxylation is 1. The summed E-state index contributed by atoms with van der Waals surface area (Å²) in [5.74, 6) is -0.127. The van der Waals surface area contributed by atoms with E-state index >= 15 is 0 Å². The summed E-state index contributed by atoms with van der Waals surface area (Å²) in [5.41, 5.74) is 1.66. The van der Waals surface area contributed by atoms with Gasteiger partial charge < -0.3 is 5.32 Å². The Morgan fingerprint density at radius 2 is 2.24 bits per heavy atom. The number of para-hydroxylation sites is 1. The maximum absolute atomic E-state index is 11.6. The SMILES string of the molecule is CCCCC=CC(=O)Nc1c(C)cccc1Cl. The summed E-state index contributed by atoms with van der Waals surface area (Å²) >= 11 is 6.02. The zero-order valence-electron chi connectivity index (χ0n) is 10.3. The minimum Gasteiger partial charge on any atom is -0.321 e. The maximum Gasteiger partial charge on any atom is 0.248 e. The molecule has 0 aliphatic rings. The van der Waals surface area contributed by atoms with Crippen molar-refractivity contribution in [1.29, 1.82) is 0 Å². The lowest BCUT2D eigenvalue weighted by Crippen LogP contribution is -2.09. The van der Waals surface area contributed by atoms with Gasteiger partial charge in [-0.15, -0.1) is 0 Å². The Bertz CT molecular complexity index is 392. The van der Waals surface area contributed by atoms with Gasteiger partial charge in [-0.1, -0.05) is 49.6 Å². The molecule has 0 bridgehead atoms. The quantitative estimate of drug-likeness (QED) is 0.612. The van der Waals surface area contributed by atoms with Gasteiger partial charge in [0, 0.05) is 0 Å². The van der Waals surface area contributed by atoms with Gasteiger partial charge in [-0.2, -0.15) is 0 Å². The van der Waals surface area contributed by atoms with Crippen LogP contribution in [-0.4, -0.2) is 5.91 Å². The van der Waals surface area contributed by atoms with Crippen molar-refractivity contribution in [2.75, 3.05) is 5.32 Å². The zero-order valence-corrected chi connectivity index (χ0v) is 11.1. The van der Waals surface area contributed by atoms with Crippen LogP contribution in [0.1, 0.15) is 31.7 Å². The first-order valence-corrected chi connectivity index (χ1v) is 6.25. The van der Waals surface area contributed by atoms with Gasteiger partial charge in [0.1, 0.15) is 0 Å². The molecule has 92 valence electrons. The molecule has 0 saturated heterocycles. The molecule has 1 aromatic carbocycles. The highest BCUT2D eigenvalue weighted by Crippen LogP contribution is 2.25. The van der Waals surface area contributed by atoms with Crippen LogP contribution in [0.2, 0.25) is 5.02 Å². The first kappa shape index (κ1) is 13.8. The van der Waals surface area contributed by atoms with Crippen molar-refractivity contribution in [1.82, 2.24) is 0 Å². The molecule has 0 unspecified atom stereocenters. The molecule has 1 amide bonds. The van der Waals surface area contributed by atoms with Gasteiger partial charge in [-0.05, 0) is 31.1 Å². The summed E-state index contributed by atoms with van der Waals surface area (Å²) in [6.07, 6.45) is 6.64. The van der Waals surface area contributed by atoms with Crippen LogP contribution in [0.4, 0.5) is 5.69 Å². The Morgan fingerprint density at radius 3 is 2.88 bits per heavy atom. The Labute approximate surface area is 108 Å². The third kappa shape index (κ3) is 4.61. The van der Waals surface area contributed by atoms with E-state index in [0.29, 0.717) is 10.7 Å². The smallest absolute Gasteiger partial charge is 0.248 e. The summed E-state index contributed by atoms with van der Waals surface area (Å²) in [5, 5.41) is 3.37. The van der Waals surface area contributed by atoms with E-state index < -0.39 is 0 Å². The molecule has 0 aliphatic carbocycles. The zero-order chi connectivity index (χ0) is 12.7. The van der Waals surface area contributed by atoms with Crippen molar-refractivity contribution in [3.63, 3.8) is 0 Å². The second-order valence-electron chi connectivity index (χ2n) is 3.97. The second kappa shape index (κ2) is 7.13. The van der Waals surface area contributed by atoms with E-state index in [9.17, 15) is 4.79 Å². The molecule has 0 aromatic heterocycles. The number of carbonyl (C=O) groups is 1. The molecule has 0 fully saturated rings. The molecule has 3 heteroatoms. The van der Waals surface area contributed by atoms with Crippen molar-refractivity contribution in [2.24, 2.45) is 0 Å². The van der Waals surface area contributed by atoms with Crippen LogP contribution < -0.4 is 5.32 Å². The van der Waals surface area contributed by atoms with E-state index in [-0.39, 0.29) is 5.91 Å². The molecule has 17 heavy (non-hydrogen) atoms. The molecule has 1 N–H and O–H groups in total. The lowest BCUT2D eigenvalue weighted by atomic mass is 10.2. The Morgan fingerprint density at radius 1 is 1.47 bits per heavy atom. The van der Waals surface area contributed by atoms with E-state index in [0.717, 1.165) is 24.8 Å². The van der Waals surface area contributed by atoms with E-state index in [1.165, 1.54) is 0 Å². The van der Waals surface area contributed by atoms with Gasteiger partial charge in [0.25, 0.3) is 0 Å². The fraction of sp³-hybridized carbons (Fsp3) is 0.357. The molecule has 0 atom stereocenters. The molecule has 1 aromatic rings. The van der Waals surface area contributed by atoms with E-state index in [4.69, 9.17) is 11.6 Å². The Balaban J connectivity index is 2.59.